The van der Waals surface area contributed by atoms with Crippen molar-refractivity contribution in [3.8, 4) is 0 Å². The Kier molecular flexibility index (Phi) is 2.47. The van der Waals surface area contributed by atoms with Gasteiger partial charge in [-0.25, -0.2) is 8.78 Å². The van der Waals surface area contributed by atoms with E-state index in [1.165, 1.54) is 0 Å². The van der Waals surface area contributed by atoms with E-state index < -0.39 is 18.9 Å². The predicted molar refractivity (Wildman–Crippen MR) is 41.2 cm³/mol. The lowest BCUT2D eigenvalue weighted by Crippen LogP contribution is -2.29. The van der Waals surface area contributed by atoms with Crippen LogP contribution >= 0.6 is 0 Å². The van der Waals surface area contributed by atoms with Crippen molar-refractivity contribution in [2.24, 2.45) is 5.73 Å². The van der Waals surface area contributed by atoms with Crippen LogP contribution in [0, 0.1) is 6.92 Å². The number of halogens is 2. The molecule has 1 aromatic rings. The summed E-state index contributed by atoms with van der Waals surface area (Å²) in [6.07, 6.45) is -0.419. The first kappa shape index (κ1) is 9.19. The highest BCUT2D eigenvalue weighted by atomic mass is 19.3. The third-order valence-electron chi connectivity index (χ3n) is 1.53. The summed E-state index contributed by atoms with van der Waals surface area (Å²) in [6.45, 7) is 1.07. The molecule has 0 atom stereocenters. The summed E-state index contributed by atoms with van der Waals surface area (Å²) in [5, 5.41) is 0. The fourth-order valence-corrected chi connectivity index (χ4v) is 0.907. The summed E-state index contributed by atoms with van der Waals surface area (Å²) in [5.41, 5.74) is 4.87. The zero-order valence-corrected chi connectivity index (χ0v) is 6.81. The molecule has 2 N–H and O–H groups in total. The largest absolute Gasteiger partial charge is 0.466 e. The molecule has 0 aromatic carbocycles. The number of hydrogen-bond donors (Lipinski definition) is 1. The normalized spacial score (nSPS) is 12.0. The number of aryl methyl sites for hydroxylation is 1. The maximum absolute atomic E-state index is 12.7. The van der Waals surface area contributed by atoms with Crippen LogP contribution in [0.15, 0.2) is 16.5 Å². The van der Waals surface area contributed by atoms with Gasteiger partial charge >= 0.3 is 0 Å². The summed E-state index contributed by atoms with van der Waals surface area (Å²) in [7, 11) is 0. The third kappa shape index (κ3) is 2.30. The Morgan fingerprint density at radius 3 is 2.58 bits per heavy atom. The van der Waals surface area contributed by atoms with E-state index in [-0.39, 0.29) is 5.76 Å². The van der Waals surface area contributed by atoms with Gasteiger partial charge in [0.1, 0.15) is 11.5 Å². The van der Waals surface area contributed by atoms with E-state index in [0.29, 0.717) is 5.76 Å². The number of furan rings is 1. The van der Waals surface area contributed by atoms with Crippen LogP contribution in [-0.4, -0.2) is 12.5 Å². The van der Waals surface area contributed by atoms with Crippen LogP contribution in [0.2, 0.25) is 0 Å². The van der Waals surface area contributed by atoms with Gasteiger partial charge in [0.15, 0.2) is 0 Å². The molecule has 2 nitrogen and oxygen atoms in total. The second-order valence-corrected chi connectivity index (χ2v) is 2.75. The molecule has 0 aliphatic heterocycles. The lowest BCUT2D eigenvalue weighted by atomic mass is 10.2. The van der Waals surface area contributed by atoms with Gasteiger partial charge < -0.3 is 10.2 Å². The fraction of sp³-hybridized carbons (Fsp3) is 0.500. The van der Waals surface area contributed by atoms with E-state index in [1.807, 2.05) is 0 Å². The van der Waals surface area contributed by atoms with Gasteiger partial charge in [0, 0.05) is 0 Å². The second-order valence-electron chi connectivity index (χ2n) is 2.75. The van der Waals surface area contributed by atoms with Crippen LogP contribution in [0.25, 0.3) is 0 Å². The Morgan fingerprint density at radius 2 is 2.17 bits per heavy atom. The number of nitrogens with two attached hydrogens (primary N) is 1. The van der Waals surface area contributed by atoms with Crippen molar-refractivity contribution >= 4 is 0 Å². The van der Waals surface area contributed by atoms with E-state index in [9.17, 15) is 8.78 Å². The van der Waals surface area contributed by atoms with Crippen LogP contribution < -0.4 is 5.73 Å². The smallest absolute Gasteiger partial charge is 0.267 e. The lowest BCUT2D eigenvalue weighted by Gasteiger charge is -2.10. The second kappa shape index (κ2) is 3.23. The molecular formula is C8H11F2NO. The molecule has 0 aliphatic carbocycles. The summed E-state index contributed by atoms with van der Waals surface area (Å²) >= 11 is 0. The first-order valence-electron chi connectivity index (χ1n) is 3.67. The molecule has 1 aromatic heterocycles. The molecule has 0 amide bonds. The van der Waals surface area contributed by atoms with Crippen LogP contribution in [0.4, 0.5) is 8.78 Å². The van der Waals surface area contributed by atoms with Crippen LogP contribution in [0.5, 0.6) is 0 Å². The maximum atomic E-state index is 12.7. The standard InChI is InChI=1S/C8H11F2NO/c1-6-2-3-7(12-6)4-8(9,10)5-11/h2-3H,4-5,11H2,1H3. The average molecular weight is 175 g/mol. The summed E-state index contributed by atoms with van der Waals surface area (Å²) in [6, 6.07) is 3.20. The van der Waals surface area contributed by atoms with Gasteiger partial charge in [-0.3, -0.25) is 0 Å². The summed E-state index contributed by atoms with van der Waals surface area (Å²) in [4.78, 5) is 0. The minimum Gasteiger partial charge on any atom is -0.466 e. The molecule has 0 bridgehead atoms. The molecule has 0 saturated heterocycles. The van der Waals surface area contributed by atoms with Gasteiger partial charge in [-0.2, -0.15) is 0 Å². The Morgan fingerprint density at radius 1 is 1.50 bits per heavy atom. The zero-order valence-electron chi connectivity index (χ0n) is 6.81. The quantitative estimate of drug-likeness (QED) is 0.759. The zero-order chi connectivity index (χ0) is 9.19. The molecular weight excluding hydrogens is 164 g/mol. The first-order valence-corrected chi connectivity index (χ1v) is 3.67. The molecule has 1 heterocycles. The molecule has 68 valence electrons. The minimum atomic E-state index is -2.86. The van der Waals surface area contributed by atoms with Crippen molar-refractivity contribution in [3.63, 3.8) is 0 Å². The van der Waals surface area contributed by atoms with E-state index >= 15 is 0 Å². The van der Waals surface area contributed by atoms with Gasteiger partial charge in [0.2, 0.25) is 0 Å². The van der Waals surface area contributed by atoms with Gasteiger partial charge in [-0.15, -0.1) is 0 Å². The molecule has 12 heavy (non-hydrogen) atoms. The minimum absolute atomic E-state index is 0.281. The Balaban J connectivity index is 2.63. The highest BCUT2D eigenvalue weighted by Gasteiger charge is 2.28. The van der Waals surface area contributed by atoms with Gasteiger partial charge in [-0.05, 0) is 19.1 Å². The molecule has 1 rings (SSSR count). The predicted octanol–water partition coefficient (Wildman–Crippen LogP) is 1.72. The Bertz CT molecular complexity index is 257. The van der Waals surface area contributed by atoms with Gasteiger partial charge in [-0.1, -0.05) is 0 Å². The van der Waals surface area contributed by atoms with Crippen LogP contribution in [-0.2, 0) is 6.42 Å². The first-order chi connectivity index (χ1) is 5.53. The van der Waals surface area contributed by atoms with Crippen LogP contribution in [0.3, 0.4) is 0 Å². The van der Waals surface area contributed by atoms with Crippen molar-refractivity contribution < 1.29 is 13.2 Å². The highest BCUT2D eigenvalue weighted by molar-refractivity contribution is 5.07. The van der Waals surface area contributed by atoms with Crippen molar-refractivity contribution in [2.75, 3.05) is 6.54 Å². The number of alkyl halides is 2. The van der Waals surface area contributed by atoms with Gasteiger partial charge in [0.25, 0.3) is 5.92 Å². The van der Waals surface area contributed by atoms with Crippen molar-refractivity contribution in [1.29, 1.82) is 0 Å². The van der Waals surface area contributed by atoms with E-state index in [0.717, 1.165) is 0 Å². The number of rotatable bonds is 3. The third-order valence-corrected chi connectivity index (χ3v) is 1.53. The average Bonchev–Trinajstić information content (AvgIpc) is 2.35. The number of hydrogen-bond acceptors (Lipinski definition) is 2. The summed E-state index contributed by atoms with van der Waals surface area (Å²) < 4.78 is 30.3. The Labute approximate surface area is 69.4 Å². The van der Waals surface area contributed by atoms with E-state index in [1.54, 1.807) is 19.1 Å². The highest BCUT2D eigenvalue weighted by Crippen LogP contribution is 2.19. The van der Waals surface area contributed by atoms with Crippen LogP contribution in [0.1, 0.15) is 11.5 Å². The fourth-order valence-electron chi connectivity index (χ4n) is 0.907. The van der Waals surface area contributed by atoms with E-state index in [2.05, 4.69) is 0 Å². The van der Waals surface area contributed by atoms with Crippen molar-refractivity contribution in [3.05, 3.63) is 23.7 Å². The maximum Gasteiger partial charge on any atom is 0.267 e. The van der Waals surface area contributed by atoms with Crippen molar-refractivity contribution in [2.45, 2.75) is 19.3 Å². The van der Waals surface area contributed by atoms with Crippen molar-refractivity contribution in [1.82, 2.24) is 0 Å². The molecule has 4 heteroatoms. The van der Waals surface area contributed by atoms with E-state index in [4.69, 9.17) is 10.2 Å². The van der Waals surface area contributed by atoms with Gasteiger partial charge in [0.05, 0.1) is 13.0 Å². The molecule has 0 spiro atoms. The molecule has 0 aliphatic rings. The molecule has 0 saturated carbocycles. The monoisotopic (exact) mass is 175 g/mol. The molecule has 0 radical (unpaired) electrons. The molecule has 0 fully saturated rings. The lowest BCUT2D eigenvalue weighted by molar-refractivity contribution is 0.00658. The SMILES string of the molecule is Cc1ccc(CC(F)(F)CN)o1. The summed E-state index contributed by atoms with van der Waals surface area (Å²) in [5.74, 6) is -1.94. The Hall–Kier alpha value is -0.900. The molecule has 0 unspecified atom stereocenters. The topological polar surface area (TPSA) is 39.2 Å².